The van der Waals surface area contributed by atoms with Crippen LogP contribution in [0, 0.1) is 5.82 Å². The van der Waals surface area contributed by atoms with Gasteiger partial charge in [0.25, 0.3) is 5.56 Å². The van der Waals surface area contributed by atoms with Crippen molar-refractivity contribution < 1.29 is 17.5 Å². The van der Waals surface area contributed by atoms with E-state index >= 15 is 4.39 Å². The molecule has 0 amide bonds. The van der Waals surface area contributed by atoms with Crippen molar-refractivity contribution in [3.63, 3.8) is 0 Å². The highest BCUT2D eigenvalue weighted by Gasteiger charge is 2.20. The molecule has 9 heteroatoms. The fourth-order valence-corrected chi connectivity index (χ4v) is 3.81. The topological polar surface area (TPSA) is 93.2 Å². The molecule has 4 rings (SSSR count). The van der Waals surface area contributed by atoms with Crippen molar-refractivity contribution in [3.8, 4) is 22.6 Å². The van der Waals surface area contributed by atoms with Gasteiger partial charge in [-0.15, -0.1) is 0 Å². The first kappa shape index (κ1) is 19.7. The maximum absolute atomic E-state index is 15.1. The molecule has 2 N–H and O–H groups in total. The SMILES string of the molecule is Cn1cc(-c2cc(NS(C)(=O)=O)cc(F)c2Oc2ccccc2)c2cc[nH]c2c1=O. The van der Waals surface area contributed by atoms with Crippen LogP contribution in [0.1, 0.15) is 0 Å². The number of halogens is 1. The van der Waals surface area contributed by atoms with Crippen LogP contribution in [-0.2, 0) is 17.1 Å². The summed E-state index contributed by atoms with van der Waals surface area (Å²) < 4.78 is 48.0. The van der Waals surface area contributed by atoms with Gasteiger partial charge in [0.05, 0.1) is 11.9 Å². The average Bonchev–Trinajstić information content (AvgIpc) is 3.16. The molecule has 0 aliphatic heterocycles. The standard InChI is InChI=1S/C21H18FN3O4S/c1-25-12-17(15-8-9-23-19(15)21(25)26)16-10-13(24-30(2,27)28)11-18(22)20(16)29-14-6-4-3-5-7-14/h3-12,23-24H,1-2H3. The smallest absolute Gasteiger partial charge is 0.274 e. The number of aryl methyl sites for hydroxylation is 1. The molecule has 0 aliphatic rings. The number of para-hydroxylation sites is 1. The third-order valence-electron chi connectivity index (χ3n) is 4.49. The summed E-state index contributed by atoms with van der Waals surface area (Å²) in [7, 11) is -2.05. The number of nitrogens with zero attached hydrogens (tertiary/aromatic N) is 1. The van der Waals surface area contributed by atoms with Gasteiger partial charge in [-0.2, -0.15) is 0 Å². The van der Waals surface area contributed by atoms with E-state index in [-0.39, 0.29) is 17.0 Å². The van der Waals surface area contributed by atoms with Gasteiger partial charge in [-0.1, -0.05) is 18.2 Å². The number of hydrogen-bond acceptors (Lipinski definition) is 4. The summed E-state index contributed by atoms with van der Waals surface area (Å²) >= 11 is 0. The first-order valence-electron chi connectivity index (χ1n) is 8.94. The van der Waals surface area contributed by atoms with Crippen LogP contribution in [0.3, 0.4) is 0 Å². The molecule has 4 aromatic rings. The van der Waals surface area contributed by atoms with Crippen LogP contribution in [0.5, 0.6) is 11.5 Å². The largest absolute Gasteiger partial charge is 0.454 e. The first-order valence-corrected chi connectivity index (χ1v) is 10.8. The molecule has 7 nitrogen and oxygen atoms in total. The van der Waals surface area contributed by atoms with Gasteiger partial charge < -0.3 is 14.3 Å². The Labute approximate surface area is 171 Å². The lowest BCUT2D eigenvalue weighted by molar-refractivity contribution is 0.444. The van der Waals surface area contributed by atoms with Crippen molar-refractivity contribution >= 4 is 26.6 Å². The minimum absolute atomic E-state index is 0.0444. The Bertz CT molecular complexity index is 1410. The van der Waals surface area contributed by atoms with Crippen molar-refractivity contribution in [3.05, 3.63) is 77.1 Å². The van der Waals surface area contributed by atoms with Gasteiger partial charge in [-0.05, 0) is 24.3 Å². The molecule has 0 bridgehead atoms. The maximum atomic E-state index is 15.1. The lowest BCUT2D eigenvalue weighted by Gasteiger charge is -2.16. The number of hydrogen-bond donors (Lipinski definition) is 2. The van der Waals surface area contributed by atoms with E-state index in [0.717, 1.165) is 12.3 Å². The fourth-order valence-electron chi connectivity index (χ4n) is 3.26. The predicted molar refractivity (Wildman–Crippen MR) is 114 cm³/mol. The molecule has 0 spiro atoms. The molecule has 0 saturated heterocycles. The fraction of sp³-hybridized carbons (Fsp3) is 0.0952. The Morgan fingerprint density at radius 2 is 1.83 bits per heavy atom. The highest BCUT2D eigenvalue weighted by Crippen LogP contribution is 2.40. The molecule has 2 heterocycles. The third kappa shape index (κ3) is 3.79. The molecule has 0 fully saturated rings. The number of pyridine rings is 1. The Morgan fingerprint density at radius 3 is 2.53 bits per heavy atom. The van der Waals surface area contributed by atoms with E-state index in [1.54, 1.807) is 55.8 Å². The number of sulfonamides is 1. The van der Waals surface area contributed by atoms with Gasteiger partial charge in [-0.25, -0.2) is 12.8 Å². The van der Waals surface area contributed by atoms with Gasteiger partial charge in [-0.3, -0.25) is 9.52 Å². The number of H-pyrrole nitrogens is 1. The molecule has 0 atom stereocenters. The van der Waals surface area contributed by atoms with Gasteiger partial charge >= 0.3 is 0 Å². The lowest BCUT2D eigenvalue weighted by atomic mass is 10.0. The van der Waals surface area contributed by atoms with Crippen LogP contribution >= 0.6 is 0 Å². The van der Waals surface area contributed by atoms with E-state index in [2.05, 4.69) is 9.71 Å². The highest BCUT2D eigenvalue weighted by atomic mass is 32.2. The number of benzene rings is 2. The molecule has 2 aromatic carbocycles. The molecular formula is C21H18FN3O4S. The zero-order valence-corrected chi connectivity index (χ0v) is 17.0. The normalized spacial score (nSPS) is 11.6. The summed E-state index contributed by atoms with van der Waals surface area (Å²) in [5.74, 6) is -0.418. The van der Waals surface area contributed by atoms with E-state index < -0.39 is 15.8 Å². The molecule has 2 aromatic heterocycles. The van der Waals surface area contributed by atoms with Crippen molar-refractivity contribution in [2.75, 3.05) is 11.0 Å². The number of aromatic nitrogens is 2. The number of ether oxygens (including phenoxy) is 1. The van der Waals surface area contributed by atoms with Crippen molar-refractivity contribution in [1.82, 2.24) is 9.55 Å². The molecule has 30 heavy (non-hydrogen) atoms. The lowest BCUT2D eigenvalue weighted by Crippen LogP contribution is -2.16. The molecule has 0 unspecified atom stereocenters. The van der Waals surface area contributed by atoms with Crippen LogP contribution in [0.2, 0.25) is 0 Å². The summed E-state index contributed by atoms with van der Waals surface area (Å²) in [5.41, 5.74) is 0.959. The quantitative estimate of drug-likeness (QED) is 0.506. The minimum Gasteiger partial charge on any atom is -0.454 e. The molecule has 0 saturated carbocycles. The van der Waals surface area contributed by atoms with Crippen LogP contribution in [-0.4, -0.2) is 24.2 Å². The number of anilines is 1. The van der Waals surface area contributed by atoms with Crippen LogP contribution in [0.4, 0.5) is 10.1 Å². The summed E-state index contributed by atoms with van der Waals surface area (Å²) in [6.07, 6.45) is 4.16. The zero-order valence-electron chi connectivity index (χ0n) is 16.1. The van der Waals surface area contributed by atoms with Crippen molar-refractivity contribution in [2.24, 2.45) is 7.05 Å². The van der Waals surface area contributed by atoms with Crippen LogP contribution in [0.15, 0.2) is 65.7 Å². The van der Waals surface area contributed by atoms with E-state index in [1.165, 1.54) is 10.6 Å². The summed E-state index contributed by atoms with van der Waals surface area (Å²) in [4.78, 5) is 15.3. The summed E-state index contributed by atoms with van der Waals surface area (Å²) in [5, 5.41) is 0.562. The molecular weight excluding hydrogens is 409 g/mol. The number of fused-ring (bicyclic) bond motifs is 1. The van der Waals surface area contributed by atoms with Crippen LogP contribution < -0.4 is 15.0 Å². The monoisotopic (exact) mass is 427 g/mol. The van der Waals surface area contributed by atoms with E-state index in [4.69, 9.17) is 4.74 Å². The molecule has 0 radical (unpaired) electrons. The van der Waals surface area contributed by atoms with Gasteiger partial charge in [0.2, 0.25) is 10.0 Å². The van der Waals surface area contributed by atoms with E-state index in [1.807, 2.05) is 0 Å². The maximum Gasteiger partial charge on any atom is 0.274 e. The number of nitrogens with one attached hydrogen (secondary N) is 2. The Morgan fingerprint density at radius 1 is 1.10 bits per heavy atom. The summed E-state index contributed by atoms with van der Waals surface area (Å²) in [6, 6.07) is 12.9. The minimum atomic E-state index is -3.63. The Hall–Kier alpha value is -3.59. The highest BCUT2D eigenvalue weighted by molar-refractivity contribution is 7.92. The van der Waals surface area contributed by atoms with E-state index in [9.17, 15) is 13.2 Å². The number of rotatable bonds is 5. The van der Waals surface area contributed by atoms with Crippen molar-refractivity contribution in [2.45, 2.75) is 0 Å². The number of aromatic amines is 1. The first-order chi connectivity index (χ1) is 14.2. The van der Waals surface area contributed by atoms with Gasteiger partial charge in [0.1, 0.15) is 11.3 Å². The van der Waals surface area contributed by atoms with Crippen LogP contribution in [0.25, 0.3) is 22.0 Å². The molecule has 154 valence electrons. The van der Waals surface area contributed by atoms with E-state index in [0.29, 0.717) is 27.8 Å². The third-order valence-corrected chi connectivity index (χ3v) is 5.10. The van der Waals surface area contributed by atoms with Gasteiger partial charge in [0, 0.05) is 42.0 Å². The zero-order chi connectivity index (χ0) is 21.5. The average molecular weight is 427 g/mol. The second kappa shape index (κ2) is 7.34. The van der Waals surface area contributed by atoms with Crippen molar-refractivity contribution in [1.29, 1.82) is 0 Å². The molecule has 0 aliphatic carbocycles. The second-order valence-corrected chi connectivity index (χ2v) is 8.60. The second-order valence-electron chi connectivity index (χ2n) is 6.85. The Balaban J connectivity index is 2.00. The predicted octanol–water partition coefficient (Wildman–Crippen LogP) is 3.84. The Kier molecular flexibility index (Phi) is 4.83. The summed E-state index contributed by atoms with van der Waals surface area (Å²) in [6.45, 7) is 0. The van der Waals surface area contributed by atoms with Gasteiger partial charge in [0.15, 0.2) is 11.6 Å².